The van der Waals surface area contributed by atoms with Crippen molar-refractivity contribution in [1.82, 2.24) is 5.01 Å². The minimum atomic E-state index is -1.37. The summed E-state index contributed by atoms with van der Waals surface area (Å²) in [5, 5.41) is 13.9. The van der Waals surface area contributed by atoms with E-state index in [1.165, 1.54) is 9.91 Å². The van der Waals surface area contributed by atoms with Gasteiger partial charge in [0.2, 0.25) is 11.8 Å². The number of rotatable bonds is 10. The number of benzene rings is 5. The number of ether oxygens (including phenoxy) is 1. The number of fused-ring (bicyclic) bond motifs is 4. The summed E-state index contributed by atoms with van der Waals surface area (Å²) in [4.78, 5) is 60.6. The lowest BCUT2D eigenvalue weighted by molar-refractivity contribution is -0.138. The molecule has 2 aliphatic heterocycles. The highest BCUT2D eigenvalue weighted by Gasteiger charge is 2.70. The number of aliphatic hydroxyl groups is 1. The van der Waals surface area contributed by atoms with Crippen LogP contribution in [0.4, 0.5) is 22.7 Å². The zero-order valence-corrected chi connectivity index (χ0v) is 31.4. The molecule has 0 radical (unpaired) electrons. The third-order valence-corrected chi connectivity index (χ3v) is 12.2. The zero-order valence-electron chi connectivity index (χ0n) is 31.4. The van der Waals surface area contributed by atoms with Crippen LogP contribution in [0, 0.1) is 30.6 Å². The van der Waals surface area contributed by atoms with Crippen molar-refractivity contribution in [3.8, 4) is 5.75 Å². The largest absolute Gasteiger partial charge is 0.491 e. The smallest absolute Gasteiger partial charge is 0.260 e. The Hall–Kier alpha value is -6.52. The number of nitrogens with zero attached hydrogens (tertiary/aromatic N) is 2. The van der Waals surface area contributed by atoms with Gasteiger partial charge in [0.05, 0.1) is 41.2 Å². The molecule has 3 fully saturated rings. The number of allylic oxidation sites excluding steroid dienone is 2. The minimum Gasteiger partial charge on any atom is -0.491 e. The molecule has 2 aliphatic carbocycles. The Morgan fingerprint density at radius 2 is 1.37 bits per heavy atom. The highest BCUT2D eigenvalue weighted by Crippen LogP contribution is 2.64. The van der Waals surface area contributed by atoms with Crippen LogP contribution in [0.15, 0.2) is 145 Å². The van der Waals surface area contributed by atoms with Crippen LogP contribution in [0.1, 0.15) is 35.4 Å². The Kier molecular flexibility index (Phi) is 9.21. The molecular weight excluding hydrogens is 717 g/mol. The van der Waals surface area contributed by atoms with E-state index in [0.717, 1.165) is 28.1 Å². The fraction of sp³-hybridized carbons (Fsp3) is 0.234. The second-order valence-electron chi connectivity index (χ2n) is 15.3. The van der Waals surface area contributed by atoms with E-state index in [2.05, 4.69) is 16.8 Å². The molecule has 6 atom stereocenters. The van der Waals surface area contributed by atoms with Crippen molar-refractivity contribution in [3.63, 3.8) is 0 Å². The number of carbonyl (C=O) groups excluding carboxylic acids is 4. The third kappa shape index (κ3) is 5.99. The summed E-state index contributed by atoms with van der Waals surface area (Å²) in [7, 11) is 0. The van der Waals surface area contributed by atoms with Gasteiger partial charge in [-0.15, -0.1) is 0 Å². The van der Waals surface area contributed by atoms with Gasteiger partial charge in [-0.05, 0) is 97.5 Å². The lowest BCUT2D eigenvalue weighted by Crippen LogP contribution is -2.53. The van der Waals surface area contributed by atoms with Gasteiger partial charge in [0.25, 0.3) is 11.8 Å². The summed E-state index contributed by atoms with van der Waals surface area (Å²) in [6.45, 7) is 1.96. The Bertz CT molecular complexity index is 2370. The van der Waals surface area contributed by atoms with Crippen LogP contribution < -0.4 is 20.4 Å². The normalized spacial score (nSPS) is 25.1. The predicted octanol–water partition coefficient (Wildman–Crippen LogP) is 7.30. The van der Waals surface area contributed by atoms with Crippen LogP contribution >= 0.6 is 0 Å². The standard InChI is InChI=1S/C47H42N4O6/c1-29-12-16-34(17-13-29)49-51-44(54)40-28-39-37(42(30-14-22-36(23-15-30)57-27-26-52)47(40,46(51)56)31-8-4-2-5-9-31)24-25-38-41(39)45(55)50(43(38)53)35-20-18-33(19-21-35)48-32-10-6-3-7-11-32/h2-24,38-42,48-49,52H,25-28H2,1H3/t38-,39+,40-,41-,42-,47+/m0/s1. The molecule has 0 aromatic heterocycles. The van der Waals surface area contributed by atoms with Crippen molar-refractivity contribution >= 4 is 46.4 Å². The average Bonchev–Trinajstić information content (AvgIpc) is 3.62. The quantitative estimate of drug-likeness (QED) is 0.100. The molecular formula is C47H42N4O6. The number of aliphatic hydroxyl groups excluding tert-OH is 1. The Labute approximate surface area is 330 Å². The van der Waals surface area contributed by atoms with E-state index in [0.29, 0.717) is 29.1 Å². The van der Waals surface area contributed by atoms with Gasteiger partial charge >= 0.3 is 0 Å². The molecule has 286 valence electrons. The van der Waals surface area contributed by atoms with E-state index in [4.69, 9.17) is 4.74 Å². The summed E-state index contributed by atoms with van der Waals surface area (Å²) in [6.07, 6.45) is 2.59. The van der Waals surface area contributed by atoms with Gasteiger partial charge in [-0.1, -0.05) is 90.0 Å². The van der Waals surface area contributed by atoms with Crippen molar-refractivity contribution in [3.05, 3.63) is 162 Å². The fourth-order valence-corrected chi connectivity index (χ4v) is 9.68. The second kappa shape index (κ2) is 14.5. The molecule has 5 aromatic carbocycles. The molecule has 10 heteroatoms. The number of amides is 4. The lowest BCUT2D eigenvalue weighted by Gasteiger charge is -2.50. The molecule has 0 bridgehead atoms. The van der Waals surface area contributed by atoms with Crippen molar-refractivity contribution in [1.29, 1.82) is 0 Å². The maximum atomic E-state index is 15.4. The van der Waals surface area contributed by atoms with E-state index in [9.17, 15) is 19.5 Å². The topological polar surface area (TPSA) is 128 Å². The third-order valence-electron chi connectivity index (χ3n) is 12.2. The number of hydrogen-bond donors (Lipinski definition) is 3. The number of carbonyl (C=O) groups is 4. The van der Waals surface area contributed by atoms with Gasteiger partial charge in [0.15, 0.2) is 0 Å². The molecule has 5 aromatic rings. The number of hydrogen-bond acceptors (Lipinski definition) is 8. The Morgan fingerprint density at radius 3 is 2.05 bits per heavy atom. The first-order valence-corrected chi connectivity index (χ1v) is 19.4. The lowest BCUT2D eigenvalue weighted by atomic mass is 9.49. The Morgan fingerprint density at radius 1 is 0.719 bits per heavy atom. The van der Waals surface area contributed by atoms with Gasteiger partial charge in [-0.25, -0.2) is 0 Å². The van der Waals surface area contributed by atoms with E-state index in [1.54, 1.807) is 24.3 Å². The number of imide groups is 2. The molecule has 0 spiro atoms. The van der Waals surface area contributed by atoms with Crippen molar-refractivity contribution < 1.29 is 29.0 Å². The fourth-order valence-electron chi connectivity index (χ4n) is 9.68. The first-order valence-electron chi connectivity index (χ1n) is 19.4. The number of para-hydroxylation sites is 1. The molecule has 2 heterocycles. The van der Waals surface area contributed by atoms with E-state index in [-0.39, 0.29) is 43.3 Å². The summed E-state index contributed by atoms with van der Waals surface area (Å²) in [6, 6.07) is 41.4. The number of anilines is 4. The summed E-state index contributed by atoms with van der Waals surface area (Å²) in [5.41, 5.74) is 8.01. The van der Waals surface area contributed by atoms with Gasteiger partial charge in [-0.3, -0.25) is 29.5 Å². The monoisotopic (exact) mass is 758 g/mol. The molecule has 2 saturated heterocycles. The van der Waals surface area contributed by atoms with Gasteiger partial charge < -0.3 is 15.2 Å². The summed E-state index contributed by atoms with van der Waals surface area (Å²) in [5.74, 6) is -4.10. The highest BCUT2D eigenvalue weighted by atomic mass is 16.5. The molecule has 0 unspecified atom stereocenters. The van der Waals surface area contributed by atoms with E-state index >= 15 is 4.79 Å². The highest BCUT2D eigenvalue weighted by molar-refractivity contribution is 6.22. The van der Waals surface area contributed by atoms with Crippen LogP contribution in [0.5, 0.6) is 5.75 Å². The van der Waals surface area contributed by atoms with Crippen molar-refractivity contribution in [2.75, 3.05) is 28.9 Å². The van der Waals surface area contributed by atoms with Crippen LogP contribution in [0.3, 0.4) is 0 Å². The second-order valence-corrected chi connectivity index (χ2v) is 15.3. The molecule has 3 N–H and O–H groups in total. The minimum absolute atomic E-state index is 0.126. The summed E-state index contributed by atoms with van der Waals surface area (Å²) < 4.78 is 5.71. The van der Waals surface area contributed by atoms with Crippen LogP contribution in [-0.2, 0) is 24.6 Å². The SMILES string of the molecule is Cc1ccc(NN2C(=O)[C@@H]3C[C@@H]4C(=CC[C@@H]5C(=O)N(c6ccc(Nc7ccccc7)cc6)C(=O)[C@@H]54)[C@H](c4ccc(OCCO)cc4)[C@]3(c3ccccc3)C2=O)cc1. The van der Waals surface area contributed by atoms with E-state index < -0.39 is 35.0 Å². The van der Waals surface area contributed by atoms with Gasteiger partial charge in [0, 0.05) is 17.3 Å². The first-order chi connectivity index (χ1) is 27.8. The zero-order chi connectivity index (χ0) is 39.3. The Balaban J connectivity index is 1.13. The first kappa shape index (κ1) is 36.1. The van der Waals surface area contributed by atoms with Crippen LogP contribution in [0.25, 0.3) is 0 Å². The predicted molar refractivity (Wildman–Crippen MR) is 216 cm³/mol. The van der Waals surface area contributed by atoms with Crippen molar-refractivity contribution in [2.45, 2.75) is 31.1 Å². The summed E-state index contributed by atoms with van der Waals surface area (Å²) >= 11 is 0. The van der Waals surface area contributed by atoms with Crippen LogP contribution in [-0.4, -0.2) is 47.0 Å². The average molecular weight is 759 g/mol. The molecule has 4 aliphatic rings. The molecule has 4 amide bonds. The molecule has 10 nitrogen and oxygen atoms in total. The number of nitrogens with one attached hydrogen (secondary N) is 2. The molecule has 1 saturated carbocycles. The maximum absolute atomic E-state index is 15.4. The van der Waals surface area contributed by atoms with Gasteiger partial charge in [0.1, 0.15) is 12.4 Å². The molecule has 57 heavy (non-hydrogen) atoms. The number of hydrazine groups is 1. The van der Waals surface area contributed by atoms with Crippen LogP contribution in [0.2, 0.25) is 0 Å². The van der Waals surface area contributed by atoms with E-state index in [1.807, 2.05) is 116 Å². The molecule has 9 rings (SSSR count). The number of aryl methyl sites for hydroxylation is 1. The van der Waals surface area contributed by atoms with Crippen molar-refractivity contribution in [2.24, 2.45) is 23.7 Å². The van der Waals surface area contributed by atoms with Gasteiger partial charge in [-0.2, -0.15) is 5.01 Å². The maximum Gasteiger partial charge on any atom is 0.260 e.